The highest BCUT2D eigenvalue weighted by atomic mass is 16.5. The van der Waals surface area contributed by atoms with Gasteiger partial charge in [0.15, 0.2) is 0 Å². The summed E-state index contributed by atoms with van der Waals surface area (Å²) >= 11 is 0. The molecule has 0 radical (unpaired) electrons. The fraction of sp³-hybridized carbons (Fsp3) is 0.462. The highest BCUT2D eigenvalue weighted by molar-refractivity contribution is 5.83. The Morgan fingerprint density at radius 3 is 3.05 bits per heavy atom. The molecule has 1 unspecified atom stereocenters. The Bertz CT molecular complexity index is 602. The molecule has 0 bridgehead atoms. The highest BCUT2D eigenvalue weighted by Crippen LogP contribution is 2.27. The largest absolute Gasteiger partial charge is 0.445 e. The molecule has 9 heteroatoms. The van der Waals surface area contributed by atoms with Gasteiger partial charge < -0.3 is 19.7 Å². The Hall–Kier alpha value is -2.23. The minimum atomic E-state index is -0.853. The van der Waals surface area contributed by atoms with Gasteiger partial charge in [-0.2, -0.15) is 4.98 Å². The molecule has 0 spiro atoms. The summed E-state index contributed by atoms with van der Waals surface area (Å²) in [5, 5.41) is 21.0. The lowest BCUT2D eigenvalue weighted by molar-refractivity contribution is -0.0458. The number of amides is 1. The number of aliphatic hydroxyl groups is 2. The number of hydrogen-bond acceptors (Lipinski definition) is 7. The molecule has 1 saturated heterocycles. The number of nitrogens with one attached hydrogen (secondary N) is 1. The molecule has 0 saturated carbocycles. The third-order valence-corrected chi connectivity index (χ3v) is 3.09. The van der Waals surface area contributed by atoms with Crippen molar-refractivity contribution in [2.24, 2.45) is 0 Å². The molecule has 0 aromatic carbocycles. The summed E-state index contributed by atoms with van der Waals surface area (Å²) in [6.45, 7) is 3.10. The zero-order chi connectivity index (χ0) is 16.1. The van der Waals surface area contributed by atoms with Crippen molar-refractivity contribution in [2.45, 2.75) is 24.9 Å². The monoisotopic (exact) mass is 311 g/mol. The van der Waals surface area contributed by atoms with Gasteiger partial charge in [-0.25, -0.2) is 9.59 Å². The number of aromatic nitrogens is 2. The van der Waals surface area contributed by atoms with E-state index in [1.807, 2.05) is 0 Å². The third-order valence-electron chi connectivity index (χ3n) is 3.09. The summed E-state index contributed by atoms with van der Waals surface area (Å²) in [7, 11) is 0. The topological polar surface area (TPSA) is 123 Å². The zero-order valence-electron chi connectivity index (χ0n) is 11.7. The van der Waals surface area contributed by atoms with Crippen molar-refractivity contribution in [1.29, 1.82) is 0 Å². The van der Waals surface area contributed by atoms with Gasteiger partial charge in [0.2, 0.25) is 0 Å². The molecule has 3 N–H and O–H groups in total. The van der Waals surface area contributed by atoms with E-state index in [1.54, 1.807) is 0 Å². The second-order valence-electron chi connectivity index (χ2n) is 4.63. The Morgan fingerprint density at radius 2 is 2.45 bits per heavy atom. The first-order valence-corrected chi connectivity index (χ1v) is 6.63. The van der Waals surface area contributed by atoms with E-state index in [-0.39, 0.29) is 25.5 Å². The van der Waals surface area contributed by atoms with Crippen molar-refractivity contribution >= 4 is 11.9 Å². The fourth-order valence-corrected chi connectivity index (χ4v) is 2.03. The predicted molar refractivity (Wildman–Crippen MR) is 75.3 cm³/mol. The lowest BCUT2D eigenvalue weighted by Crippen LogP contribution is -2.28. The summed E-state index contributed by atoms with van der Waals surface area (Å²) in [5.41, 5.74) is -0.655. The molecule has 1 aromatic heterocycles. The Morgan fingerprint density at radius 1 is 1.68 bits per heavy atom. The van der Waals surface area contributed by atoms with Crippen molar-refractivity contribution in [3.8, 4) is 0 Å². The van der Waals surface area contributed by atoms with Crippen LogP contribution in [0.25, 0.3) is 0 Å². The van der Waals surface area contributed by atoms with Gasteiger partial charge in [0.1, 0.15) is 24.8 Å². The minimum Gasteiger partial charge on any atom is -0.445 e. The zero-order valence-corrected chi connectivity index (χ0v) is 11.7. The number of hydrogen-bond donors (Lipinski definition) is 3. The number of rotatable bonds is 5. The summed E-state index contributed by atoms with van der Waals surface area (Å²) in [6, 6.07) is 1.40. The van der Waals surface area contributed by atoms with Gasteiger partial charge in [0.25, 0.3) is 0 Å². The Kier molecular flexibility index (Phi) is 5.26. The molecule has 9 nitrogen and oxygen atoms in total. The molecule has 120 valence electrons. The predicted octanol–water partition coefficient (Wildman–Crippen LogP) is -0.382. The number of aliphatic hydroxyl groups excluding tert-OH is 2. The number of nitrogens with zero attached hydrogens (tertiary/aromatic N) is 2. The van der Waals surface area contributed by atoms with Crippen molar-refractivity contribution < 1.29 is 24.5 Å². The van der Waals surface area contributed by atoms with Crippen LogP contribution in [0.4, 0.5) is 10.6 Å². The number of anilines is 1. The van der Waals surface area contributed by atoms with E-state index in [1.165, 1.54) is 22.9 Å². The molecule has 2 rings (SSSR count). The smallest absolute Gasteiger partial charge is 0.413 e. The van der Waals surface area contributed by atoms with E-state index in [0.29, 0.717) is 0 Å². The van der Waals surface area contributed by atoms with Gasteiger partial charge in [-0.15, -0.1) is 0 Å². The van der Waals surface area contributed by atoms with Crippen LogP contribution in [0.15, 0.2) is 29.7 Å². The second kappa shape index (κ2) is 7.16. The average molecular weight is 311 g/mol. The Balaban J connectivity index is 2.06. The molecule has 2 heterocycles. The van der Waals surface area contributed by atoms with Crippen molar-refractivity contribution in [1.82, 2.24) is 9.55 Å². The molecule has 1 aliphatic heterocycles. The molecule has 1 aromatic rings. The molecule has 3 atom stereocenters. The normalized spacial score (nSPS) is 24.0. The Labute approximate surface area is 125 Å². The molecule has 1 amide bonds. The maximum absolute atomic E-state index is 11.9. The summed E-state index contributed by atoms with van der Waals surface area (Å²) < 4.78 is 11.2. The van der Waals surface area contributed by atoms with E-state index < -0.39 is 30.2 Å². The first kappa shape index (κ1) is 16.1. The highest BCUT2D eigenvalue weighted by Gasteiger charge is 2.34. The first-order chi connectivity index (χ1) is 10.5. The number of carbonyl (C=O) groups excluding carboxylic acids is 1. The van der Waals surface area contributed by atoms with Crippen LogP contribution in [0.1, 0.15) is 12.6 Å². The third kappa shape index (κ3) is 3.70. The SMILES string of the molecule is C=CCOC(=O)Nc1ccn([C@H]2CC(O)[C@@H](CO)O2)c(=O)n1. The summed E-state index contributed by atoms with van der Waals surface area (Å²) in [5.74, 6) is 0.0348. The van der Waals surface area contributed by atoms with Gasteiger partial charge >= 0.3 is 11.8 Å². The van der Waals surface area contributed by atoms with Gasteiger partial charge in [0.05, 0.1) is 12.7 Å². The van der Waals surface area contributed by atoms with E-state index in [4.69, 9.17) is 14.6 Å². The maximum Gasteiger partial charge on any atom is 0.413 e. The lowest BCUT2D eigenvalue weighted by Gasteiger charge is -2.14. The van der Waals surface area contributed by atoms with E-state index in [2.05, 4.69) is 16.9 Å². The second-order valence-corrected chi connectivity index (χ2v) is 4.63. The van der Waals surface area contributed by atoms with E-state index in [9.17, 15) is 14.7 Å². The first-order valence-electron chi connectivity index (χ1n) is 6.63. The van der Waals surface area contributed by atoms with Gasteiger partial charge in [-0.05, 0) is 6.07 Å². The number of ether oxygens (including phenoxy) is 2. The summed E-state index contributed by atoms with van der Waals surface area (Å²) in [6.07, 6.45) is -0.0921. The van der Waals surface area contributed by atoms with Crippen LogP contribution >= 0.6 is 0 Å². The van der Waals surface area contributed by atoms with Crippen LogP contribution in [-0.2, 0) is 9.47 Å². The van der Waals surface area contributed by atoms with Crippen LogP contribution in [0, 0.1) is 0 Å². The molecule has 0 aliphatic carbocycles. The fourth-order valence-electron chi connectivity index (χ4n) is 2.03. The van der Waals surface area contributed by atoms with Crippen LogP contribution < -0.4 is 11.0 Å². The van der Waals surface area contributed by atoms with Crippen LogP contribution in [0.2, 0.25) is 0 Å². The maximum atomic E-state index is 11.9. The average Bonchev–Trinajstić information content (AvgIpc) is 2.86. The van der Waals surface area contributed by atoms with Crippen LogP contribution in [0.3, 0.4) is 0 Å². The van der Waals surface area contributed by atoms with Crippen LogP contribution in [0.5, 0.6) is 0 Å². The van der Waals surface area contributed by atoms with Crippen molar-refractivity contribution in [3.63, 3.8) is 0 Å². The van der Waals surface area contributed by atoms with Crippen molar-refractivity contribution in [3.05, 3.63) is 35.4 Å². The molecular formula is C13H17N3O6. The molecule has 1 fully saturated rings. The van der Waals surface area contributed by atoms with Gasteiger partial charge in [-0.3, -0.25) is 9.88 Å². The summed E-state index contributed by atoms with van der Waals surface area (Å²) in [4.78, 5) is 27.0. The molecular weight excluding hydrogens is 294 g/mol. The quantitative estimate of drug-likeness (QED) is 0.633. The number of carbonyl (C=O) groups is 1. The van der Waals surface area contributed by atoms with Crippen molar-refractivity contribution in [2.75, 3.05) is 18.5 Å². The van der Waals surface area contributed by atoms with Gasteiger partial charge in [-0.1, -0.05) is 12.7 Å². The van der Waals surface area contributed by atoms with Crippen LogP contribution in [-0.4, -0.2) is 51.3 Å². The molecule has 22 heavy (non-hydrogen) atoms. The standard InChI is InChI=1S/C13H17N3O6/c1-2-5-21-13(20)15-10-3-4-16(12(19)14-10)11-6-8(18)9(7-17)22-11/h2-4,8-9,11,17-18H,1,5-7H2,(H,14,15,19,20)/t8?,9-,11-/m1/s1. The lowest BCUT2D eigenvalue weighted by atomic mass is 10.2. The van der Waals surface area contributed by atoms with E-state index in [0.717, 1.165) is 0 Å². The van der Waals surface area contributed by atoms with E-state index >= 15 is 0 Å². The molecule has 1 aliphatic rings. The minimum absolute atomic E-state index is 0.0348. The van der Waals surface area contributed by atoms with Gasteiger partial charge in [0, 0.05) is 12.6 Å².